The van der Waals surface area contributed by atoms with Crippen LogP contribution in [0.2, 0.25) is 0 Å². The van der Waals surface area contributed by atoms with Crippen LogP contribution >= 0.6 is 11.6 Å². The van der Waals surface area contributed by atoms with E-state index in [-0.39, 0.29) is 0 Å². The summed E-state index contributed by atoms with van der Waals surface area (Å²) in [6.07, 6.45) is 0. The van der Waals surface area contributed by atoms with E-state index in [1.807, 2.05) is 0 Å². The van der Waals surface area contributed by atoms with Crippen LogP contribution in [0.5, 0.6) is 0 Å². The quantitative estimate of drug-likeness (QED) is 0.777. The molecule has 1 saturated heterocycles. The molecule has 0 aromatic heterocycles. The first-order valence-corrected chi connectivity index (χ1v) is 5.78. The van der Waals surface area contributed by atoms with E-state index >= 15 is 0 Å². The Morgan fingerprint density at radius 2 is 2.36 bits per heavy atom. The monoisotopic (exact) mass is 216 g/mol. The third-order valence-corrected chi connectivity index (χ3v) is 3.13. The summed E-state index contributed by atoms with van der Waals surface area (Å²) in [7, 11) is 0. The molecule has 1 aliphatic rings. The molecule has 0 saturated carbocycles. The van der Waals surface area contributed by atoms with Crippen LogP contribution in [0.4, 0.5) is 0 Å². The largest absolute Gasteiger partial charge is 0.311 e. The van der Waals surface area contributed by atoms with Crippen LogP contribution in [-0.2, 0) is 0 Å². The summed E-state index contributed by atoms with van der Waals surface area (Å²) in [6.45, 7) is 11.0. The van der Waals surface area contributed by atoms with Gasteiger partial charge in [-0.1, -0.05) is 25.4 Å². The molecule has 0 aliphatic carbocycles. The summed E-state index contributed by atoms with van der Waals surface area (Å²) in [6, 6.07) is 0.631. The van der Waals surface area contributed by atoms with Gasteiger partial charge in [-0.2, -0.15) is 0 Å². The van der Waals surface area contributed by atoms with Crippen molar-refractivity contribution in [1.29, 1.82) is 0 Å². The molecule has 1 atom stereocenters. The zero-order chi connectivity index (χ0) is 10.6. The van der Waals surface area contributed by atoms with E-state index in [1.165, 1.54) is 5.57 Å². The SMILES string of the molecule is C/C(=C\Cl)CN1CCNC(C(C)C)C1. The van der Waals surface area contributed by atoms with Crippen LogP contribution in [0, 0.1) is 5.92 Å². The first-order chi connectivity index (χ1) is 6.63. The summed E-state index contributed by atoms with van der Waals surface area (Å²) in [5.41, 5.74) is 2.93. The van der Waals surface area contributed by atoms with Gasteiger partial charge in [0.1, 0.15) is 0 Å². The fourth-order valence-electron chi connectivity index (χ4n) is 1.82. The first-order valence-electron chi connectivity index (χ1n) is 5.35. The average Bonchev–Trinajstić information content (AvgIpc) is 2.18. The van der Waals surface area contributed by atoms with Gasteiger partial charge in [-0.25, -0.2) is 0 Å². The summed E-state index contributed by atoms with van der Waals surface area (Å²) >= 11 is 5.67. The van der Waals surface area contributed by atoms with Crippen molar-refractivity contribution < 1.29 is 0 Å². The molecule has 1 rings (SSSR count). The molecule has 0 radical (unpaired) electrons. The van der Waals surface area contributed by atoms with Crippen LogP contribution in [0.15, 0.2) is 11.1 Å². The Bertz CT molecular complexity index is 201. The Labute approximate surface area is 92.3 Å². The predicted molar refractivity (Wildman–Crippen MR) is 62.7 cm³/mol. The number of piperazine rings is 1. The van der Waals surface area contributed by atoms with Crippen molar-refractivity contribution in [1.82, 2.24) is 10.2 Å². The van der Waals surface area contributed by atoms with Crippen molar-refractivity contribution in [2.24, 2.45) is 5.92 Å². The topological polar surface area (TPSA) is 15.3 Å². The smallest absolute Gasteiger partial charge is 0.0218 e. The minimum Gasteiger partial charge on any atom is -0.311 e. The fourth-order valence-corrected chi connectivity index (χ4v) is 1.89. The molecular weight excluding hydrogens is 196 g/mol. The molecule has 0 bridgehead atoms. The van der Waals surface area contributed by atoms with Crippen LogP contribution in [-0.4, -0.2) is 37.1 Å². The van der Waals surface area contributed by atoms with E-state index in [2.05, 4.69) is 31.0 Å². The maximum Gasteiger partial charge on any atom is 0.0218 e. The lowest BCUT2D eigenvalue weighted by Crippen LogP contribution is -2.53. The zero-order valence-corrected chi connectivity index (χ0v) is 10.1. The predicted octanol–water partition coefficient (Wildman–Crippen LogP) is 2.06. The summed E-state index contributed by atoms with van der Waals surface area (Å²) in [5.74, 6) is 0.707. The summed E-state index contributed by atoms with van der Waals surface area (Å²) in [4.78, 5) is 2.47. The lowest BCUT2D eigenvalue weighted by molar-refractivity contribution is 0.187. The van der Waals surface area contributed by atoms with E-state index in [0.29, 0.717) is 12.0 Å². The highest BCUT2D eigenvalue weighted by molar-refractivity contribution is 6.25. The van der Waals surface area contributed by atoms with Crippen LogP contribution in [0.3, 0.4) is 0 Å². The highest BCUT2D eigenvalue weighted by Gasteiger charge is 2.21. The van der Waals surface area contributed by atoms with Gasteiger partial charge in [0.15, 0.2) is 0 Å². The molecule has 0 amide bonds. The van der Waals surface area contributed by atoms with E-state index in [4.69, 9.17) is 11.6 Å². The van der Waals surface area contributed by atoms with Crippen molar-refractivity contribution in [3.63, 3.8) is 0 Å². The molecule has 82 valence electrons. The standard InChI is InChI=1S/C11H21ClN2/c1-9(2)11-8-14(5-4-13-11)7-10(3)6-12/h6,9,11,13H,4-5,7-8H2,1-3H3/b10-6+. The second-order valence-corrected chi connectivity index (χ2v) is 4.71. The summed E-state index contributed by atoms with van der Waals surface area (Å²) in [5, 5.41) is 3.55. The van der Waals surface area contributed by atoms with E-state index < -0.39 is 0 Å². The maximum absolute atomic E-state index is 5.67. The van der Waals surface area contributed by atoms with E-state index in [0.717, 1.165) is 26.2 Å². The molecule has 14 heavy (non-hydrogen) atoms. The van der Waals surface area contributed by atoms with Gasteiger partial charge in [-0.15, -0.1) is 0 Å². The number of rotatable bonds is 3. The Hall–Kier alpha value is -0.0500. The zero-order valence-electron chi connectivity index (χ0n) is 9.39. The van der Waals surface area contributed by atoms with Gasteiger partial charge >= 0.3 is 0 Å². The number of nitrogens with one attached hydrogen (secondary N) is 1. The Balaban J connectivity index is 2.40. The van der Waals surface area contributed by atoms with Gasteiger partial charge in [-0.05, 0) is 18.4 Å². The molecule has 1 aliphatic heterocycles. The molecule has 3 heteroatoms. The van der Waals surface area contributed by atoms with Crippen molar-refractivity contribution in [2.45, 2.75) is 26.8 Å². The normalized spacial score (nSPS) is 25.8. The molecular formula is C11H21ClN2. The molecule has 2 nitrogen and oxygen atoms in total. The molecule has 0 spiro atoms. The molecule has 1 heterocycles. The van der Waals surface area contributed by atoms with Gasteiger partial charge in [0.05, 0.1) is 0 Å². The van der Waals surface area contributed by atoms with E-state index in [1.54, 1.807) is 5.54 Å². The molecule has 0 aromatic rings. The van der Waals surface area contributed by atoms with Crippen LogP contribution < -0.4 is 5.32 Å². The van der Waals surface area contributed by atoms with Gasteiger partial charge in [-0.3, -0.25) is 4.90 Å². The second kappa shape index (κ2) is 5.74. The third-order valence-electron chi connectivity index (χ3n) is 2.75. The summed E-state index contributed by atoms with van der Waals surface area (Å²) < 4.78 is 0. The average molecular weight is 217 g/mol. The molecule has 1 fully saturated rings. The molecule has 0 aromatic carbocycles. The Morgan fingerprint density at radius 3 is 2.93 bits per heavy atom. The minimum absolute atomic E-state index is 0.631. The lowest BCUT2D eigenvalue weighted by Gasteiger charge is -2.35. The minimum atomic E-state index is 0.631. The fraction of sp³-hybridized carbons (Fsp3) is 0.818. The second-order valence-electron chi connectivity index (χ2n) is 4.50. The van der Waals surface area contributed by atoms with Crippen LogP contribution in [0.25, 0.3) is 0 Å². The number of nitrogens with zero attached hydrogens (tertiary/aromatic N) is 1. The Morgan fingerprint density at radius 1 is 1.64 bits per heavy atom. The number of hydrogen-bond donors (Lipinski definition) is 1. The van der Waals surface area contributed by atoms with Crippen molar-refractivity contribution >= 4 is 11.6 Å². The van der Waals surface area contributed by atoms with Crippen molar-refractivity contribution in [3.8, 4) is 0 Å². The van der Waals surface area contributed by atoms with Crippen molar-refractivity contribution in [2.75, 3.05) is 26.2 Å². The molecule has 1 unspecified atom stereocenters. The number of halogens is 1. The maximum atomic E-state index is 5.67. The van der Waals surface area contributed by atoms with Gasteiger partial charge in [0.25, 0.3) is 0 Å². The van der Waals surface area contributed by atoms with E-state index in [9.17, 15) is 0 Å². The first kappa shape index (κ1) is 12.0. The Kier molecular flexibility index (Phi) is 4.93. The van der Waals surface area contributed by atoms with Gasteiger partial charge in [0.2, 0.25) is 0 Å². The highest BCUT2D eigenvalue weighted by atomic mass is 35.5. The molecule has 1 N–H and O–H groups in total. The van der Waals surface area contributed by atoms with Crippen LogP contribution in [0.1, 0.15) is 20.8 Å². The van der Waals surface area contributed by atoms with Gasteiger partial charge in [0, 0.05) is 37.8 Å². The lowest BCUT2D eigenvalue weighted by atomic mass is 10.0. The van der Waals surface area contributed by atoms with Crippen molar-refractivity contribution in [3.05, 3.63) is 11.1 Å². The highest BCUT2D eigenvalue weighted by Crippen LogP contribution is 2.10. The number of hydrogen-bond acceptors (Lipinski definition) is 2. The van der Waals surface area contributed by atoms with Gasteiger partial charge < -0.3 is 5.32 Å². The third kappa shape index (κ3) is 3.60.